The topological polar surface area (TPSA) is 45.9 Å². The van der Waals surface area contributed by atoms with Gasteiger partial charge in [-0.05, 0) is 49.8 Å². The van der Waals surface area contributed by atoms with E-state index in [1.54, 1.807) is 0 Å². The van der Waals surface area contributed by atoms with Crippen LogP contribution in [0.4, 0.5) is 11.4 Å². The van der Waals surface area contributed by atoms with Gasteiger partial charge < -0.3 is 15.2 Å². The highest BCUT2D eigenvalue weighted by atomic mass is 16.5. The van der Waals surface area contributed by atoms with Crippen molar-refractivity contribution in [3.8, 4) is 0 Å². The summed E-state index contributed by atoms with van der Waals surface area (Å²) in [6.07, 6.45) is 5.36. The van der Waals surface area contributed by atoms with Crippen LogP contribution in [-0.4, -0.2) is 24.4 Å². The number of rotatable bonds is 4. The van der Waals surface area contributed by atoms with Gasteiger partial charge in [-0.2, -0.15) is 0 Å². The first-order chi connectivity index (χ1) is 10.3. The number of nitrogens with one attached hydrogen (secondary N) is 1. The summed E-state index contributed by atoms with van der Waals surface area (Å²) in [5.41, 5.74) is 2.94. The van der Waals surface area contributed by atoms with Gasteiger partial charge in [0.2, 0.25) is 0 Å². The van der Waals surface area contributed by atoms with E-state index in [1.807, 2.05) is 18.2 Å². The lowest BCUT2D eigenvalue weighted by Crippen LogP contribution is -2.41. The fourth-order valence-corrected chi connectivity index (χ4v) is 3.59. The van der Waals surface area contributed by atoms with Crippen molar-refractivity contribution in [1.29, 1.82) is 0 Å². The van der Waals surface area contributed by atoms with Gasteiger partial charge in [0.1, 0.15) is 0 Å². The molecule has 3 atom stereocenters. The monoisotopic (exact) mass is 286 g/mol. The Morgan fingerprint density at radius 2 is 2.29 bits per heavy atom. The van der Waals surface area contributed by atoms with Crippen molar-refractivity contribution in [1.82, 2.24) is 0 Å². The highest BCUT2D eigenvalue weighted by Gasteiger charge is 2.38. The molecule has 3 rings (SSSR count). The number of hydrogen-bond acceptors (Lipinski definition) is 3. The summed E-state index contributed by atoms with van der Waals surface area (Å²) in [5, 5.41) is 12.6. The minimum Gasteiger partial charge on any atom is -0.396 e. The summed E-state index contributed by atoms with van der Waals surface area (Å²) in [7, 11) is 0. The fraction of sp³-hybridized carbons (Fsp3) is 0.588. The SMILES string of the molecule is [C-]#[N+]c1ccc2c(c1)C1OCCCC1C(CCCCO)N2. The number of aliphatic hydroxyl groups excluding tert-OH is 1. The molecule has 0 amide bonds. The van der Waals surface area contributed by atoms with E-state index >= 15 is 0 Å². The highest BCUT2D eigenvalue weighted by molar-refractivity contribution is 5.63. The third-order valence-corrected chi connectivity index (χ3v) is 4.62. The summed E-state index contributed by atoms with van der Waals surface area (Å²) in [6, 6.07) is 6.26. The lowest BCUT2D eigenvalue weighted by molar-refractivity contribution is -0.0387. The molecule has 0 saturated carbocycles. The van der Waals surface area contributed by atoms with Crippen LogP contribution in [0, 0.1) is 12.5 Å². The predicted molar refractivity (Wildman–Crippen MR) is 82.5 cm³/mol. The third kappa shape index (κ3) is 2.90. The Balaban J connectivity index is 1.85. The van der Waals surface area contributed by atoms with Gasteiger partial charge in [0.15, 0.2) is 5.69 Å². The molecule has 0 spiro atoms. The first-order valence-corrected chi connectivity index (χ1v) is 7.84. The van der Waals surface area contributed by atoms with Gasteiger partial charge in [-0.15, -0.1) is 0 Å². The maximum atomic E-state index is 8.97. The second kappa shape index (κ2) is 6.46. The van der Waals surface area contributed by atoms with E-state index in [-0.39, 0.29) is 12.7 Å². The predicted octanol–water partition coefficient (Wildman–Crippen LogP) is 3.66. The molecule has 3 unspecified atom stereocenters. The summed E-state index contributed by atoms with van der Waals surface area (Å²) in [5.74, 6) is 0.478. The zero-order valence-corrected chi connectivity index (χ0v) is 12.2. The second-order valence-electron chi connectivity index (χ2n) is 5.95. The number of benzene rings is 1. The number of ether oxygens (including phenoxy) is 1. The molecule has 0 aliphatic carbocycles. The van der Waals surface area contributed by atoms with E-state index in [2.05, 4.69) is 10.2 Å². The van der Waals surface area contributed by atoms with Crippen molar-refractivity contribution < 1.29 is 9.84 Å². The van der Waals surface area contributed by atoms with Crippen LogP contribution in [0.1, 0.15) is 43.8 Å². The van der Waals surface area contributed by atoms with Gasteiger partial charge >= 0.3 is 0 Å². The van der Waals surface area contributed by atoms with E-state index < -0.39 is 0 Å². The number of fused-ring (bicyclic) bond motifs is 3. The largest absolute Gasteiger partial charge is 0.396 e. The summed E-state index contributed by atoms with van der Waals surface area (Å²) in [4.78, 5) is 3.53. The van der Waals surface area contributed by atoms with Crippen molar-refractivity contribution in [3.05, 3.63) is 35.2 Å². The molecule has 1 aromatic carbocycles. The van der Waals surface area contributed by atoms with Crippen LogP contribution in [0.25, 0.3) is 4.85 Å². The molecule has 2 heterocycles. The van der Waals surface area contributed by atoms with E-state index in [0.29, 0.717) is 17.6 Å². The minimum absolute atomic E-state index is 0.121. The van der Waals surface area contributed by atoms with Gasteiger partial charge in [-0.3, -0.25) is 0 Å². The number of nitrogens with zero attached hydrogens (tertiary/aromatic N) is 1. The zero-order valence-electron chi connectivity index (χ0n) is 12.2. The van der Waals surface area contributed by atoms with Crippen molar-refractivity contribution in [2.24, 2.45) is 5.92 Å². The van der Waals surface area contributed by atoms with Crippen LogP contribution in [0.2, 0.25) is 0 Å². The second-order valence-corrected chi connectivity index (χ2v) is 5.95. The van der Waals surface area contributed by atoms with Crippen LogP contribution in [-0.2, 0) is 4.74 Å². The Morgan fingerprint density at radius 1 is 1.38 bits per heavy atom. The lowest BCUT2D eigenvalue weighted by Gasteiger charge is -2.43. The van der Waals surface area contributed by atoms with E-state index in [0.717, 1.165) is 43.5 Å². The molecule has 1 fully saturated rings. The Hall–Kier alpha value is -1.57. The number of anilines is 1. The van der Waals surface area contributed by atoms with E-state index in [9.17, 15) is 0 Å². The third-order valence-electron chi connectivity index (χ3n) is 4.62. The minimum atomic E-state index is 0.121. The Morgan fingerprint density at radius 3 is 3.10 bits per heavy atom. The first kappa shape index (κ1) is 14.4. The maximum absolute atomic E-state index is 8.97. The number of aliphatic hydroxyl groups is 1. The molecule has 0 radical (unpaired) electrons. The molecule has 1 aromatic rings. The van der Waals surface area contributed by atoms with Crippen molar-refractivity contribution >= 4 is 11.4 Å². The smallest absolute Gasteiger partial charge is 0.187 e. The summed E-state index contributed by atoms with van der Waals surface area (Å²) in [6.45, 7) is 8.26. The van der Waals surface area contributed by atoms with Gasteiger partial charge in [-0.25, -0.2) is 4.85 Å². The van der Waals surface area contributed by atoms with Crippen molar-refractivity contribution in [2.75, 3.05) is 18.5 Å². The lowest BCUT2D eigenvalue weighted by atomic mass is 9.78. The van der Waals surface area contributed by atoms with E-state index in [1.165, 1.54) is 6.42 Å². The molecule has 2 aliphatic heterocycles. The molecular formula is C17H22N2O2. The zero-order chi connectivity index (χ0) is 14.7. The van der Waals surface area contributed by atoms with Gasteiger partial charge in [0.25, 0.3) is 0 Å². The average molecular weight is 286 g/mol. The summed E-state index contributed by atoms with van der Waals surface area (Å²) < 4.78 is 6.05. The molecular weight excluding hydrogens is 264 g/mol. The van der Waals surface area contributed by atoms with Gasteiger partial charge in [0, 0.05) is 30.9 Å². The van der Waals surface area contributed by atoms with Crippen LogP contribution in [0.15, 0.2) is 18.2 Å². The van der Waals surface area contributed by atoms with Crippen molar-refractivity contribution in [3.63, 3.8) is 0 Å². The quantitative estimate of drug-likeness (QED) is 0.656. The molecule has 0 aromatic heterocycles. The molecule has 2 N–H and O–H groups in total. The van der Waals surface area contributed by atoms with Crippen LogP contribution in [0.3, 0.4) is 0 Å². The number of unbranched alkanes of at least 4 members (excludes halogenated alkanes) is 1. The van der Waals surface area contributed by atoms with Crippen LogP contribution < -0.4 is 5.32 Å². The Labute approximate surface area is 125 Å². The Kier molecular flexibility index (Phi) is 4.42. The van der Waals surface area contributed by atoms with Crippen LogP contribution in [0.5, 0.6) is 0 Å². The first-order valence-electron chi connectivity index (χ1n) is 7.84. The molecule has 2 aliphatic rings. The molecule has 4 heteroatoms. The molecule has 4 nitrogen and oxygen atoms in total. The standard InChI is InChI=1S/C17H22N2O2/c1-18-12-7-8-16-14(11-12)17-13(5-4-10-21-17)15(19-16)6-2-3-9-20/h7-8,11,13,15,17,19-20H,2-6,9-10H2. The fourth-order valence-electron chi connectivity index (χ4n) is 3.59. The summed E-state index contributed by atoms with van der Waals surface area (Å²) >= 11 is 0. The number of hydrogen-bond donors (Lipinski definition) is 2. The van der Waals surface area contributed by atoms with E-state index in [4.69, 9.17) is 16.4 Å². The van der Waals surface area contributed by atoms with Gasteiger partial charge in [0.05, 0.1) is 12.7 Å². The Bertz CT molecular complexity index is 538. The van der Waals surface area contributed by atoms with Crippen LogP contribution >= 0.6 is 0 Å². The molecule has 112 valence electrons. The van der Waals surface area contributed by atoms with Gasteiger partial charge in [-0.1, -0.05) is 6.07 Å². The molecule has 21 heavy (non-hydrogen) atoms. The maximum Gasteiger partial charge on any atom is 0.187 e. The highest BCUT2D eigenvalue weighted by Crippen LogP contribution is 2.45. The molecule has 0 bridgehead atoms. The average Bonchev–Trinajstić information content (AvgIpc) is 2.55. The molecule has 1 saturated heterocycles. The van der Waals surface area contributed by atoms with Crippen molar-refractivity contribution in [2.45, 2.75) is 44.2 Å². The normalized spacial score (nSPS) is 27.1.